The first-order valence-electron chi connectivity index (χ1n) is 19.4. The summed E-state index contributed by atoms with van der Waals surface area (Å²) in [6.07, 6.45) is 0. The Balaban J connectivity index is 1.09. The van der Waals surface area contributed by atoms with E-state index in [1.807, 2.05) is 12.1 Å². The Kier molecular flexibility index (Phi) is 6.93. The SMILES string of the molecule is c1ccc(-c2cc3oc4c(N(c5ccc(-c6cc7ccccc7c7ccccc67)cc5)c5ccc6c(c5)oc5ccccc56)cccc4c3c3ccccc23)cc1. The maximum Gasteiger partial charge on any atom is 0.159 e. The quantitative estimate of drug-likeness (QED) is 0.165. The summed E-state index contributed by atoms with van der Waals surface area (Å²) in [7, 11) is 0. The second-order valence-electron chi connectivity index (χ2n) is 14.8. The largest absolute Gasteiger partial charge is 0.456 e. The fourth-order valence-corrected chi connectivity index (χ4v) is 9.04. The van der Waals surface area contributed by atoms with Crippen LogP contribution in [-0.4, -0.2) is 0 Å². The van der Waals surface area contributed by atoms with Gasteiger partial charge < -0.3 is 13.7 Å². The van der Waals surface area contributed by atoms with Crippen molar-refractivity contribution < 1.29 is 8.83 Å². The topological polar surface area (TPSA) is 29.5 Å². The first kappa shape index (κ1) is 31.7. The van der Waals surface area contributed by atoms with E-state index in [4.69, 9.17) is 8.83 Å². The van der Waals surface area contributed by atoms with Crippen LogP contribution in [0.4, 0.5) is 17.1 Å². The number of para-hydroxylation sites is 2. The lowest BCUT2D eigenvalue weighted by Gasteiger charge is -2.26. The van der Waals surface area contributed by atoms with Crippen molar-refractivity contribution in [2.45, 2.75) is 0 Å². The molecule has 0 radical (unpaired) electrons. The lowest BCUT2D eigenvalue weighted by molar-refractivity contribution is 0.667. The molecule has 3 heteroatoms. The Morgan fingerprint density at radius 3 is 1.74 bits per heavy atom. The van der Waals surface area contributed by atoms with Gasteiger partial charge in [0, 0.05) is 33.3 Å². The number of furan rings is 2. The van der Waals surface area contributed by atoms with Crippen LogP contribution in [0.1, 0.15) is 0 Å². The van der Waals surface area contributed by atoms with Gasteiger partial charge in [0.25, 0.3) is 0 Å². The number of hydrogen-bond acceptors (Lipinski definition) is 3. The van der Waals surface area contributed by atoms with Crippen LogP contribution in [0.2, 0.25) is 0 Å². The average Bonchev–Trinajstić information content (AvgIpc) is 3.85. The van der Waals surface area contributed by atoms with Crippen LogP contribution in [0.15, 0.2) is 209 Å². The monoisotopic (exact) mass is 727 g/mol. The van der Waals surface area contributed by atoms with E-state index in [-0.39, 0.29) is 0 Å². The van der Waals surface area contributed by atoms with Gasteiger partial charge in [0.15, 0.2) is 5.58 Å². The molecule has 12 rings (SSSR count). The fraction of sp³-hybridized carbons (Fsp3) is 0. The molecule has 0 saturated carbocycles. The van der Waals surface area contributed by atoms with Crippen molar-refractivity contribution in [1.29, 1.82) is 0 Å². The molecule has 2 heterocycles. The molecule has 0 amide bonds. The molecule has 0 aliphatic carbocycles. The lowest BCUT2D eigenvalue weighted by atomic mass is 9.93. The first-order valence-corrected chi connectivity index (χ1v) is 19.4. The van der Waals surface area contributed by atoms with E-state index in [0.29, 0.717) is 0 Å². The minimum Gasteiger partial charge on any atom is -0.456 e. The number of benzene rings is 10. The Labute approximate surface area is 328 Å². The number of anilines is 3. The molecule has 0 aliphatic rings. The summed E-state index contributed by atoms with van der Waals surface area (Å²) in [4.78, 5) is 2.31. The maximum absolute atomic E-state index is 7.03. The highest BCUT2D eigenvalue weighted by molar-refractivity contribution is 6.24. The lowest BCUT2D eigenvalue weighted by Crippen LogP contribution is -2.10. The molecule has 10 aromatic carbocycles. The van der Waals surface area contributed by atoms with E-state index in [2.05, 4.69) is 193 Å². The average molecular weight is 728 g/mol. The normalized spacial score (nSPS) is 11.9. The molecular formula is C54H33NO2. The fourth-order valence-electron chi connectivity index (χ4n) is 9.04. The summed E-state index contributed by atoms with van der Waals surface area (Å²) >= 11 is 0. The Morgan fingerprint density at radius 2 is 0.912 bits per heavy atom. The molecule has 3 nitrogen and oxygen atoms in total. The summed E-state index contributed by atoms with van der Waals surface area (Å²) in [5, 5.41) is 11.8. The highest BCUT2D eigenvalue weighted by atomic mass is 16.3. The van der Waals surface area contributed by atoms with Crippen LogP contribution in [0, 0.1) is 0 Å². The standard InChI is InChI=1S/C54H33NO2/c1-2-13-34(14-3-1)48-33-52-53(45-21-9-8-19-42(45)48)46-22-12-23-49(54(46)57-52)55(38-29-30-44-43-20-10-11-24-50(43)56-51(44)32-38)37-27-25-35(26-28-37)47-31-36-15-4-5-16-39(36)40-17-6-7-18-41(40)47/h1-33H. The number of fused-ring (bicyclic) bond motifs is 11. The Hall–Kier alpha value is -7.62. The molecule has 0 N–H and O–H groups in total. The molecule has 0 unspecified atom stereocenters. The zero-order valence-electron chi connectivity index (χ0n) is 30.8. The molecule has 2 aromatic heterocycles. The zero-order chi connectivity index (χ0) is 37.5. The molecule has 0 atom stereocenters. The molecular weight excluding hydrogens is 695 g/mol. The maximum atomic E-state index is 7.03. The Morgan fingerprint density at radius 1 is 0.316 bits per heavy atom. The molecule has 12 aromatic rings. The van der Waals surface area contributed by atoms with Crippen LogP contribution < -0.4 is 4.90 Å². The van der Waals surface area contributed by atoms with Crippen molar-refractivity contribution in [3.05, 3.63) is 200 Å². The van der Waals surface area contributed by atoms with Gasteiger partial charge in [0.2, 0.25) is 0 Å². The van der Waals surface area contributed by atoms with Gasteiger partial charge in [-0.15, -0.1) is 0 Å². The molecule has 0 spiro atoms. The van der Waals surface area contributed by atoms with Gasteiger partial charge in [-0.25, -0.2) is 0 Å². The summed E-state index contributed by atoms with van der Waals surface area (Å²) in [6.45, 7) is 0. The summed E-state index contributed by atoms with van der Waals surface area (Å²) in [6, 6.07) is 71.4. The van der Waals surface area contributed by atoms with E-state index >= 15 is 0 Å². The van der Waals surface area contributed by atoms with E-state index in [0.717, 1.165) is 77.6 Å². The predicted octanol–water partition coefficient (Wildman–Crippen LogP) is 15.7. The van der Waals surface area contributed by atoms with Gasteiger partial charge in [-0.2, -0.15) is 0 Å². The number of rotatable bonds is 5. The number of nitrogens with zero attached hydrogens (tertiary/aromatic N) is 1. The highest BCUT2D eigenvalue weighted by Gasteiger charge is 2.23. The van der Waals surface area contributed by atoms with Gasteiger partial charge in [-0.1, -0.05) is 146 Å². The smallest absolute Gasteiger partial charge is 0.159 e. The second-order valence-corrected chi connectivity index (χ2v) is 14.8. The summed E-state index contributed by atoms with van der Waals surface area (Å²) in [5.41, 5.74) is 11.1. The van der Waals surface area contributed by atoms with Crippen LogP contribution in [0.25, 0.3) is 98.4 Å². The van der Waals surface area contributed by atoms with Crippen LogP contribution >= 0.6 is 0 Å². The van der Waals surface area contributed by atoms with E-state index in [9.17, 15) is 0 Å². The van der Waals surface area contributed by atoms with Gasteiger partial charge in [-0.3, -0.25) is 0 Å². The summed E-state index contributed by atoms with van der Waals surface area (Å²) in [5.74, 6) is 0. The number of hydrogen-bond donors (Lipinski definition) is 0. The third-order valence-electron chi connectivity index (χ3n) is 11.6. The molecule has 0 saturated heterocycles. The predicted molar refractivity (Wildman–Crippen MR) is 239 cm³/mol. The minimum atomic E-state index is 0.831. The molecule has 57 heavy (non-hydrogen) atoms. The van der Waals surface area contributed by atoms with Gasteiger partial charge in [0.05, 0.1) is 11.4 Å². The highest BCUT2D eigenvalue weighted by Crippen LogP contribution is 2.47. The molecule has 0 fully saturated rings. The molecule has 0 bridgehead atoms. The van der Waals surface area contributed by atoms with Crippen LogP contribution in [0.5, 0.6) is 0 Å². The van der Waals surface area contributed by atoms with Crippen molar-refractivity contribution in [2.75, 3.05) is 4.90 Å². The third-order valence-corrected chi connectivity index (χ3v) is 11.6. The zero-order valence-corrected chi connectivity index (χ0v) is 30.8. The molecule has 0 aliphatic heterocycles. The van der Waals surface area contributed by atoms with Crippen molar-refractivity contribution in [3.8, 4) is 22.3 Å². The summed E-state index contributed by atoms with van der Waals surface area (Å²) < 4.78 is 13.5. The van der Waals surface area contributed by atoms with Crippen LogP contribution in [-0.2, 0) is 0 Å². The van der Waals surface area contributed by atoms with E-state index < -0.39 is 0 Å². The van der Waals surface area contributed by atoms with E-state index in [1.54, 1.807) is 0 Å². The second kappa shape index (κ2) is 12.5. The van der Waals surface area contributed by atoms with Gasteiger partial charge >= 0.3 is 0 Å². The van der Waals surface area contributed by atoms with E-state index in [1.165, 1.54) is 37.9 Å². The van der Waals surface area contributed by atoms with Crippen molar-refractivity contribution in [3.63, 3.8) is 0 Å². The van der Waals surface area contributed by atoms with Gasteiger partial charge in [-0.05, 0) is 103 Å². The van der Waals surface area contributed by atoms with Gasteiger partial charge in [0.1, 0.15) is 16.7 Å². The Bertz CT molecular complexity index is 3520. The molecule has 266 valence electrons. The minimum absolute atomic E-state index is 0.831. The van der Waals surface area contributed by atoms with Crippen molar-refractivity contribution >= 4 is 93.3 Å². The first-order chi connectivity index (χ1) is 28.3. The van der Waals surface area contributed by atoms with Crippen LogP contribution in [0.3, 0.4) is 0 Å². The van der Waals surface area contributed by atoms with Crippen molar-refractivity contribution in [2.24, 2.45) is 0 Å². The van der Waals surface area contributed by atoms with Crippen molar-refractivity contribution in [1.82, 2.24) is 0 Å². The third kappa shape index (κ3) is 4.92.